The Morgan fingerprint density at radius 1 is 1.33 bits per heavy atom. The Kier molecular flexibility index (Phi) is 2.57. The maximum absolute atomic E-state index is 6.02. The molecule has 0 amide bonds. The van der Waals surface area contributed by atoms with Gasteiger partial charge in [0.25, 0.3) is 0 Å². The fourth-order valence-corrected chi connectivity index (χ4v) is 3.23. The predicted molar refractivity (Wildman–Crippen MR) is 78.2 cm³/mol. The van der Waals surface area contributed by atoms with E-state index in [1.807, 2.05) is 31.3 Å². The van der Waals surface area contributed by atoms with E-state index >= 15 is 0 Å². The van der Waals surface area contributed by atoms with Crippen molar-refractivity contribution in [1.29, 1.82) is 0 Å². The molecule has 5 heteroatoms. The highest BCUT2D eigenvalue weighted by molar-refractivity contribution is 7.19. The second-order valence-corrected chi connectivity index (χ2v) is 5.81. The molecular formula is C13H12ClN3S. The van der Waals surface area contributed by atoms with Gasteiger partial charge in [-0.1, -0.05) is 11.6 Å². The first-order chi connectivity index (χ1) is 8.56. The summed E-state index contributed by atoms with van der Waals surface area (Å²) in [5.74, 6) is 0.937. The number of anilines is 1. The number of hydrogen-bond acceptors (Lipinski definition) is 3. The van der Waals surface area contributed by atoms with Crippen molar-refractivity contribution in [1.82, 2.24) is 9.55 Å². The molecule has 0 fully saturated rings. The summed E-state index contributed by atoms with van der Waals surface area (Å²) in [6.45, 7) is 2.05. The number of rotatable bonds is 1. The van der Waals surface area contributed by atoms with Crippen LogP contribution in [0.1, 0.15) is 5.56 Å². The van der Waals surface area contributed by atoms with E-state index in [1.54, 1.807) is 11.3 Å². The molecule has 3 rings (SSSR count). The molecule has 1 aromatic carbocycles. The van der Waals surface area contributed by atoms with Crippen molar-refractivity contribution in [3.8, 4) is 10.7 Å². The van der Waals surface area contributed by atoms with Crippen molar-refractivity contribution in [3.05, 3.63) is 34.9 Å². The summed E-state index contributed by atoms with van der Waals surface area (Å²) in [5, 5.41) is 1.53. The number of fused-ring (bicyclic) bond motifs is 1. The van der Waals surface area contributed by atoms with Gasteiger partial charge < -0.3 is 10.3 Å². The molecule has 18 heavy (non-hydrogen) atoms. The van der Waals surface area contributed by atoms with E-state index in [0.29, 0.717) is 0 Å². The molecule has 0 aliphatic carbocycles. The van der Waals surface area contributed by atoms with Crippen LogP contribution < -0.4 is 5.73 Å². The van der Waals surface area contributed by atoms with E-state index in [2.05, 4.69) is 16.5 Å². The van der Waals surface area contributed by atoms with E-state index in [1.165, 1.54) is 0 Å². The zero-order valence-electron chi connectivity index (χ0n) is 10.1. The lowest BCUT2D eigenvalue weighted by Crippen LogP contribution is -1.91. The molecule has 3 aromatic rings. The number of halogens is 1. The third kappa shape index (κ3) is 1.69. The van der Waals surface area contributed by atoms with Crippen LogP contribution >= 0.6 is 22.9 Å². The Morgan fingerprint density at radius 3 is 2.78 bits per heavy atom. The molecule has 2 aromatic heterocycles. The van der Waals surface area contributed by atoms with Crippen LogP contribution in [0.2, 0.25) is 5.02 Å². The average Bonchev–Trinajstić information content (AvgIpc) is 2.80. The lowest BCUT2D eigenvalue weighted by atomic mass is 10.3. The molecule has 0 unspecified atom stereocenters. The summed E-state index contributed by atoms with van der Waals surface area (Å²) in [6.07, 6.45) is 0. The molecule has 0 saturated carbocycles. The average molecular weight is 278 g/mol. The summed E-state index contributed by atoms with van der Waals surface area (Å²) in [7, 11) is 2.00. The molecule has 2 heterocycles. The number of imidazole rings is 1. The number of hydrogen-bond donors (Lipinski definition) is 1. The molecule has 0 bridgehead atoms. The van der Waals surface area contributed by atoms with Crippen LogP contribution in [0.25, 0.3) is 21.7 Å². The summed E-state index contributed by atoms with van der Waals surface area (Å²) < 4.78 is 2.06. The summed E-state index contributed by atoms with van der Waals surface area (Å²) in [6, 6.07) is 7.70. The Balaban J connectivity index is 2.30. The smallest absolute Gasteiger partial charge is 0.151 e. The number of nitrogens with zero attached hydrogens (tertiary/aromatic N) is 2. The lowest BCUT2D eigenvalue weighted by Gasteiger charge is -2.00. The fraction of sp³-hybridized carbons (Fsp3) is 0.154. The number of nitrogens with two attached hydrogens (primary N) is 1. The SMILES string of the molecule is Cc1cc(N)sc1-c1nc2ccc(Cl)cc2n1C. The monoisotopic (exact) mass is 277 g/mol. The first-order valence-electron chi connectivity index (χ1n) is 5.54. The van der Waals surface area contributed by atoms with Gasteiger partial charge in [-0.25, -0.2) is 4.98 Å². The standard InChI is InChI=1S/C13H12ClN3S/c1-7-5-11(15)18-12(7)13-16-9-4-3-8(14)6-10(9)17(13)2/h3-6H,15H2,1-2H3. The van der Waals surface area contributed by atoms with Crippen LogP contribution in [0.15, 0.2) is 24.3 Å². The van der Waals surface area contributed by atoms with Crippen LogP contribution in [0, 0.1) is 6.92 Å². The van der Waals surface area contributed by atoms with Gasteiger partial charge >= 0.3 is 0 Å². The first-order valence-corrected chi connectivity index (χ1v) is 6.74. The molecule has 0 aliphatic rings. The third-order valence-corrected chi connectivity index (χ3v) is 4.28. The van der Waals surface area contributed by atoms with Gasteiger partial charge in [0.1, 0.15) is 0 Å². The molecule has 0 radical (unpaired) electrons. The largest absolute Gasteiger partial charge is 0.391 e. The van der Waals surface area contributed by atoms with Crippen molar-refractivity contribution < 1.29 is 0 Å². The highest BCUT2D eigenvalue weighted by Crippen LogP contribution is 2.34. The van der Waals surface area contributed by atoms with Gasteiger partial charge in [0.05, 0.1) is 20.9 Å². The lowest BCUT2D eigenvalue weighted by molar-refractivity contribution is 0.961. The Hall–Kier alpha value is -1.52. The number of thiophene rings is 1. The molecule has 0 spiro atoms. The second-order valence-electron chi connectivity index (χ2n) is 4.29. The highest BCUT2D eigenvalue weighted by Gasteiger charge is 2.14. The second kappa shape index (κ2) is 4.00. The first kappa shape index (κ1) is 11.6. The summed E-state index contributed by atoms with van der Waals surface area (Å²) in [4.78, 5) is 5.77. The minimum absolute atomic E-state index is 0.722. The molecule has 0 saturated heterocycles. The molecule has 0 atom stereocenters. The topological polar surface area (TPSA) is 43.8 Å². The number of nitrogen functional groups attached to an aromatic ring is 1. The van der Waals surface area contributed by atoms with Crippen molar-refractivity contribution in [3.63, 3.8) is 0 Å². The van der Waals surface area contributed by atoms with Crippen LogP contribution in [-0.4, -0.2) is 9.55 Å². The maximum Gasteiger partial charge on any atom is 0.151 e. The number of aryl methyl sites for hydroxylation is 2. The molecule has 0 aliphatic heterocycles. The summed E-state index contributed by atoms with van der Waals surface area (Å²) in [5.41, 5.74) is 8.98. The third-order valence-electron chi connectivity index (χ3n) is 2.98. The summed E-state index contributed by atoms with van der Waals surface area (Å²) >= 11 is 7.59. The van der Waals surface area contributed by atoms with Crippen molar-refractivity contribution in [2.24, 2.45) is 7.05 Å². The van der Waals surface area contributed by atoms with Crippen molar-refractivity contribution in [2.75, 3.05) is 5.73 Å². The van der Waals surface area contributed by atoms with Crippen LogP contribution in [-0.2, 0) is 7.05 Å². The molecular weight excluding hydrogens is 266 g/mol. The molecule has 2 N–H and O–H groups in total. The molecule has 92 valence electrons. The van der Waals surface area contributed by atoms with E-state index in [4.69, 9.17) is 17.3 Å². The van der Waals surface area contributed by atoms with Gasteiger partial charge in [0.2, 0.25) is 0 Å². The maximum atomic E-state index is 6.02. The van der Waals surface area contributed by atoms with Crippen LogP contribution in [0.5, 0.6) is 0 Å². The highest BCUT2D eigenvalue weighted by atomic mass is 35.5. The van der Waals surface area contributed by atoms with Crippen LogP contribution in [0.3, 0.4) is 0 Å². The Labute approximate surface area is 114 Å². The minimum Gasteiger partial charge on any atom is -0.391 e. The van der Waals surface area contributed by atoms with Gasteiger partial charge in [-0.3, -0.25) is 0 Å². The van der Waals surface area contributed by atoms with Crippen molar-refractivity contribution >= 4 is 39.0 Å². The van der Waals surface area contributed by atoms with Gasteiger partial charge in [-0.05, 0) is 36.8 Å². The van der Waals surface area contributed by atoms with E-state index in [0.717, 1.165) is 37.3 Å². The quantitative estimate of drug-likeness (QED) is 0.734. The Morgan fingerprint density at radius 2 is 2.11 bits per heavy atom. The zero-order valence-corrected chi connectivity index (χ0v) is 11.6. The van der Waals surface area contributed by atoms with Gasteiger partial charge in [-0.15, -0.1) is 11.3 Å². The van der Waals surface area contributed by atoms with Gasteiger partial charge in [-0.2, -0.15) is 0 Å². The zero-order chi connectivity index (χ0) is 12.9. The van der Waals surface area contributed by atoms with E-state index in [-0.39, 0.29) is 0 Å². The molecule has 3 nitrogen and oxygen atoms in total. The van der Waals surface area contributed by atoms with E-state index in [9.17, 15) is 0 Å². The Bertz CT molecular complexity index is 742. The normalized spacial score (nSPS) is 11.3. The number of benzene rings is 1. The number of aromatic nitrogens is 2. The van der Waals surface area contributed by atoms with Crippen molar-refractivity contribution in [2.45, 2.75) is 6.92 Å². The fourth-order valence-electron chi connectivity index (χ4n) is 2.09. The minimum atomic E-state index is 0.722. The van der Waals surface area contributed by atoms with Crippen LogP contribution in [0.4, 0.5) is 5.00 Å². The van der Waals surface area contributed by atoms with Gasteiger partial charge in [0, 0.05) is 12.1 Å². The van der Waals surface area contributed by atoms with Gasteiger partial charge in [0.15, 0.2) is 5.82 Å². The predicted octanol–water partition coefficient (Wildman–Crippen LogP) is 3.85. The van der Waals surface area contributed by atoms with E-state index < -0.39 is 0 Å².